The van der Waals surface area contributed by atoms with E-state index in [1.807, 2.05) is 24.3 Å². The molecule has 4 rings (SSSR count). The second-order valence-corrected chi connectivity index (χ2v) is 9.11. The largest absolute Gasteiger partial charge is 0.335 e. The van der Waals surface area contributed by atoms with E-state index in [1.165, 1.54) is 29.7 Å². The van der Waals surface area contributed by atoms with Crippen LogP contribution in [-0.2, 0) is 24.2 Å². The number of rotatable bonds is 6. The Morgan fingerprint density at radius 2 is 1.93 bits per heavy atom. The number of benzene rings is 1. The molecule has 0 unspecified atom stereocenters. The molecule has 30 heavy (non-hydrogen) atoms. The van der Waals surface area contributed by atoms with Crippen molar-refractivity contribution in [1.82, 2.24) is 15.2 Å². The lowest BCUT2D eigenvalue weighted by Crippen LogP contribution is -2.36. The van der Waals surface area contributed by atoms with E-state index in [-0.39, 0.29) is 18.0 Å². The first kappa shape index (κ1) is 20.8. The predicted octanol–water partition coefficient (Wildman–Crippen LogP) is 3.77. The summed E-state index contributed by atoms with van der Waals surface area (Å²) in [4.78, 5) is 32.4. The van der Waals surface area contributed by atoms with E-state index < -0.39 is 0 Å². The van der Waals surface area contributed by atoms with Crippen molar-refractivity contribution in [3.05, 3.63) is 40.4 Å². The number of carbonyl (C=O) groups is 2. The third kappa shape index (κ3) is 5.37. The zero-order chi connectivity index (χ0) is 20.9. The van der Waals surface area contributed by atoms with Gasteiger partial charge in [0.25, 0.3) is 0 Å². The van der Waals surface area contributed by atoms with Crippen LogP contribution in [-0.4, -0.2) is 41.0 Å². The molecule has 7 nitrogen and oxygen atoms in total. The molecule has 0 spiro atoms. The number of aromatic nitrogens is 1. The van der Waals surface area contributed by atoms with Crippen molar-refractivity contribution in [2.45, 2.75) is 58.0 Å². The van der Waals surface area contributed by atoms with Gasteiger partial charge in [-0.2, -0.15) is 0 Å². The molecule has 2 aromatic rings. The van der Waals surface area contributed by atoms with Gasteiger partial charge in [0.05, 0.1) is 12.2 Å². The number of nitrogens with zero attached hydrogens (tertiary/aromatic N) is 2. The van der Waals surface area contributed by atoms with Crippen LogP contribution >= 0.6 is 11.3 Å². The minimum atomic E-state index is -0.168. The van der Waals surface area contributed by atoms with Crippen molar-refractivity contribution in [2.75, 3.05) is 23.7 Å². The Bertz CT molecular complexity index is 889. The van der Waals surface area contributed by atoms with Gasteiger partial charge >= 0.3 is 6.03 Å². The minimum absolute atomic E-state index is 0.0125. The van der Waals surface area contributed by atoms with Crippen molar-refractivity contribution in [2.24, 2.45) is 0 Å². The first-order valence-electron chi connectivity index (χ1n) is 10.8. The molecule has 3 N–H and O–H groups in total. The Hall–Kier alpha value is -2.45. The van der Waals surface area contributed by atoms with Crippen molar-refractivity contribution in [3.8, 4) is 0 Å². The number of anilines is 2. The number of aryl methyl sites for hydroxylation is 1. The molecule has 1 aromatic carbocycles. The van der Waals surface area contributed by atoms with Crippen LogP contribution in [0.25, 0.3) is 0 Å². The summed E-state index contributed by atoms with van der Waals surface area (Å²) in [7, 11) is 0. The molecule has 1 aromatic heterocycles. The summed E-state index contributed by atoms with van der Waals surface area (Å²) < 4.78 is 0. The standard InChI is InChI=1S/C22H29N5O2S/c1-2-15-7-9-17(10-8-15)23-20(28)14-27-12-11-18-19(13-27)30-22(25-18)26-21(29)24-16-5-3-4-6-16/h7-10,16H,2-6,11-14H2,1H3,(H,23,28)(H2,24,25,26,29). The monoisotopic (exact) mass is 427 g/mol. The van der Waals surface area contributed by atoms with Gasteiger partial charge in [-0.25, -0.2) is 9.78 Å². The van der Waals surface area contributed by atoms with Gasteiger partial charge in [0.1, 0.15) is 0 Å². The molecule has 1 aliphatic carbocycles. The Morgan fingerprint density at radius 3 is 2.67 bits per heavy atom. The molecule has 3 amide bonds. The Labute approximate surface area is 181 Å². The molecule has 160 valence electrons. The quantitative estimate of drug-likeness (QED) is 0.655. The minimum Gasteiger partial charge on any atom is -0.335 e. The first-order valence-corrected chi connectivity index (χ1v) is 11.6. The molecule has 1 aliphatic heterocycles. The van der Waals surface area contributed by atoms with Crippen LogP contribution in [0.15, 0.2) is 24.3 Å². The van der Waals surface area contributed by atoms with Gasteiger partial charge in [0.15, 0.2) is 5.13 Å². The van der Waals surface area contributed by atoms with E-state index >= 15 is 0 Å². The number of urea groups is 1. The van der Waals surface area contributed by atoms with Crippen molar-refractivity contribution in [3.63, 3.8) is 0 Å². The highest BCUT2D eigenvalue weighted by molar-refractivity contribution is 7.15. The molecule has 2 aliphatic rings. The molecule has 0 atom stereocenters. The maximum atomic E-state index is 12.4. The number of hydrogen-bond donors (Lipinski definition) is 3. The summed E-state index contributed by atoms with van der Waals surface area (Å²) in [5.74, 6) is -0.0125. The second kappa shape index (κ2) is 9.57. The van der Waals surface area contributed by atoms with Crippen molar-refractivity contribution >= 4 is 34.1 Å². The summed E-state index contributed by atoms with van der Waals surface area (Å²) >= 11 is 1.50. The second-order valence-electron chi connectivity index (χ2n) is 8.03. The SMILES string of the molecule is CCc1ccc(NC(=O)CN2CCc3nc(NC(=O)NC4CCCC4)sc3C2)cc1. The number of carbonyl (C=O) groups excluding carboxylic acids is 2. The lowest BCUT2D eigenvalue weighted by atomic mass is 10.1. The summed E-state index contributed by atoms with van der Waals surface area (Å²) in [6, 6.07) is 8.09. The highest BCUT2D eigenvalue weighted by Gasteiger charge is 2.23. The lowest BCUT2D eigenvalue weighted by Gasteiger charge is -2.25. The van der Waals surface area contributed by atoms with Crippen LogP contribution in [0, 0.1) is 0 Å². The molecule has 1 fully saturated rings. The van der Waals surface area contributed by atoms with Gasteiger partial charge in [-0.15, -0.1) is 11.3 Å². The maximum absolute atomic E-state index is 12.4. The summed E-state index contributed by atoms with van der Waals surface area (Å²) in [6.45, 7) is 3.92. The first-order chi connectivity index (χ1) is 14.6. The molecule has 0 bridgehead atoms. The third-order valence-electron chi connectivity index (χ3n) is 5.73. The molecule has 0 saturated heterocycles. The van der Waals surface area contributed by atoms with E-state index in [9.17, 15) is 9.59 Å². The number of fused-ring (bicyclic) bond motifs is 1. The van der Waals surface area contributed by atoms with Crippen LogP contribution in [0.3, 0.4) is 0 Å². The fourth-order valence-electron chi connectivity index (χ4n) is 4.05. The number of amides is 3. The fourth-order valence-corrected chi connectivity index (χ4v) is 5.10. The van der Waals surface area contributed by atoms with E-state index in [4.69, 9.17) is 0 Å². The summed E-state index contributed by atoms with van der Waals surface area (Å²) in [5.41, 5.74) is 3.11. The number of thiazole rings is 1. The van der Waals surface area contributed by atoms with Gasteiger partial charge in [-0.05, 0) is 37.0 Å². The number of nitrogens with one attached hydrogen (secondary N) is 3. The highest BCUT2D eigenvalue weighted by atomic mass is 32.1. The molecule has 2 heterocycles. The lowest BCUT2D eigenvalue weighted by molar-refractivity contribution is -0.117. The zero-order valence-electron chi connectivity index (χ0n) is 17.4. The number of hydrogen-bond acceptors (Lipinski definition) is 5. The van der Waals surface area contributed by atoms with Crippen LogP contribution < -0.4 is 16.0 Å². The van der Waals surface area contributed by atoms with Crippen LogP contribution in [0.1, 0.15) is 48.7 Å². The van der Waals surface area contributed by atoms with Gasteiger partial charge in [0.2, 0.25) is 5.91 Å². The Morgan fingerprint density at radius 1 is 1.17 bits per heavy atom. The van der Waals surface area contributed by atoms with Crippen molar-refractivity contribution in [1.29, 1.82) is 0 Å². The molecular weight excluding hydrogens is 398 g/mol. The molecule has 8 heteroatoms. The third-order valence-corrected chi connectivity index (χ3v) is 6.73. The Kier molecular flexibility index (Phi) is 6.64. The topological polar surface area (TPSA) is 86.4 Å². The molecule has 0 radical (unpaired) electrons. The van der Waals surface area contributed by atoms with Gasteiger partial charge in [-0.3, -0.25) is 15.0 Å². The summed E-state index contributed by atoms with van der Waals surface area (Å²) in [5, 5.41) is 9.52. The molecule has 1 saturated carbocycles. The smallest absolute Gasteiger partial charge is 0.321 e. The van der Waals surface area contributed by atoms with E-state index in [0.29, 0.717) is 18.2 Å². The highest BCUT2D eigenvalue weighted by Crippen LogP contribution is 2.28. The molecular formula is C22H29N5O2S. The average Bonchev–Trinajstić information content (AvgIpc) is 3.37. The fraction of sp³-hybridized carbons (Fsp3) is 0.500. The van der Waals surface area contributed by atoms with Crippen LogP contribution in [0.2, 0.25) is 0 Å². The summed E-state index contributed by atoms with van der Waals surface area (Å²) in [6.07, 6.45) is 6.26. The van der Waals surface area contributed by atoms with E-state index in [2.05, 4.69) is 32.8 Å². The van der Waals surface area contributed by atoms with Gasteiger partial charge < -0.3 is 10.6 Å². The van der Waals surface area contributed by atoms with Crippen LogP contribution in [0.4, 0.5) is 15.6 Å². The van der Waals surface area contributed by atoms with E-state index in [0.717, 1.165) is 48.5 Å². The zero-order valence-corrected chi connectivity index (χ0v) is 18.2. The van der Waals surface area contributed by atoms with Gasteiger partial charge in [-0.1, -0.05) is 31.9 Å². The Balaban J connectivity index is 1.27. The van der Waals surface area contributed by atoms with Crippen LogP contribution in [0.5, 0.6) is 0 Å². The average molecular weight is 428 g/mol. The normalized spacial score (nSPS) is 16.8. The predicted molar refractivity (Wildman–Crippen MR) is 120 cm³/mol. The van der Waals surface area contributed by atoms with Crippen molar-refractivity contribution < 1.29 is 9.59 Å². The maximum Gasteiger partial charge on any atom is 0.321 e. The van der Waals surface area contributed by atoms with E-state index in [1.54, 1.807) is 0 Å². The van der Waals surface area contributed by atoms with Gasteiger partial charge in [0, 0.05) is 36.1 Å².